The molecular formula is C18H33NOSSi. The molecule has 1 aromatic heterocycles. The van der Waals surface area contributed by atoms with Crippen molar-refractivity contribution in [2.45, 2.75) is 90.2 Å². The van der Waals surface area contributed by atoms with Crippen molar-refractivity contribution in [3.8, 4) is 0 Å². The lowest BCUT2D eigenvalue weighted by atomic mass is 9.92. The number of hydrogen-bond acceptors (Lipinski definition) is 3. The molecule has 2 atom stereocenters. The van der Waals surface area contributed by atoms with Gasteiger partial charge in [-0.2, -0.15) is 0 Å². The molecule has 0 aliphatic heterocycles. The van der Waals surface area contributed by atoms with Crippen molar-refractivity contribution in [1.82, 2.24) is 5.32 Å². The first-order chi connectivity index (χ1) is 10.2. The summed E-state index contributed by atoms with van der Waals surface area (Å²) in [5.41, 5.74) is 1.45. The van der Waals surface area contributed by atoms with E-state index in [-0.39, 0.29) is 0 Å². The molecular weight excluding hydrogens is 306 g/mol. The molecule has 0 saturated heterocycles. The minimum atomic E-state index is -1.68. The second-order valence-corrected chi connectivity index (χ2v) is 14.1. The summed E-state index contributed by atoms with van der Waals surface area (Å²) in [6.07, 6.45) is 5.51. The molecule has 22 heavy (non-hydrogen) atoms. The normalized spacial score (nSPS) is 23.7. The zero-order valence-corrected chi connectivity index (χ0v) is 17.0. The fraction of sp³-hybridized carbons (Fsp3) is 0.778. The third kappa shape index (κ3) is 4.44. The predicted octanol–water partition coefficient (Wildman–Crippen LogP) is 5.48. The minimum absolute atomic E-state index is 0.291. The molecule has 0 bridgehead atoms. The molecule has 0 spiro atoms. The highest BCUT2D eigenvalue weighted by molar-refractivity contribution is 7.10. The van der Waals surface area contributed by atoms with Crippen LogP contribution in [0.5, 0.6) is 0 Å². The average molecular weight is 340 g/mol. The van der Waals surface area contributed by atoms with E-state index < -0.39 is 8.32 Å². The highest BCUT2D eigenvalue weighted by Gasteiger charge is 2.41. The lowest BCUT2D eigenvalue weighted by Crippen LogP contribution is -2.51. The van der Waals surface area contributed by atoms with Crippen LogP contribution < -0.4 is 5.32 Å². The number of hydrogen-bond donors (Lipinski definition) is 1. The minimum Gasteiger partial charge on any atom is -0.412 e. The van der Waals surface area contributed by atoms with Crippen LogP contribution in [0.3, 0.4) is 0 Å². The summed E-state index contributed by atoms with van der Waals surface area (Å²) in [5.74, 6) is 0. The van der Waals surface area contributed by atoms with Gasteiger partial charge in [-0.15, -0.1) is 11.3 Å². The largest absolute Gasteiger partial charge is 0.412 e. The summed E-state index contributed by atoms with van der Waals surface area (Å²) in [4.78, 5) is 1.44. The van der Waals surface area contributed by atoms with E-state index in [1.165, 1.54) is 36.1 Å². The summed E-state index contributed by atoms with van der Waals surface area (Å²) in [6.45, 7) is 14.9. The van der Waals surface area contributed by atoms with Gasteiger partial charge >= 0.3 is 0 Å². The van der Waals surface area contributed by atoms with Gasteiger partial charge < -0.3 is 9.74 Å². The fourth-order valence-corrected chi connectivity index (χ4v) is 4.98. The highest BCUT2D eigenvalue weighted by atomic mass is 32.1. The van der Waals surface area contributed by atoms with Gasteiger partial charge in [0.25, 0.3) is 0 Å². The van der Waals surface area contributed by atoms with E-state index in [9.17, 15) is 0 Å². The molecule has 2 nitrogen and oxygen atoms in total. The molecule has 1 saturated carbocycles. The first-order valence-corrected chi connectivity index (χ1v) is 12.4. The van der Waals surface area contributed by atoms with Crippen LogP contribution in [0, 0.1) is 6.92 Å². The Labute approximate surface area is 141 Å². The smallest absolute Gasteiger partial charge is 0.192 e. The van der Waals surface area contributed by atoms with Gasteiger partial charge in [-0.25, -0.2) is 0 Å². The number of nitrogens with one attached hydrogen (secondary N) is 1. The molecule has 1 N–H and O–H groups in total. The number of thiophene rings is 1. The van der Waals surface area contributed by atoms with E-state index in [0.717, 1.165) is 6.54 Å². The molecule has 0 unspecified atom stereocenters. The maximum Gasteiger partial charge on any atom is 0.192 e. The quantitative estimate of drug-likeness (QED) is 0.717. The van der Waals surface area contributed by atoms with E-state index in [1.54, 1.807) is 0 Å². The molecule has 0 amide bonds. The Hall–Kier alpha value is -0.163. The Kier molecular flexibility index (Phi) is 5.92. The second kappa shape index (κ2) is 7.16. The Morgan fingerprint density at radius 3 is 2.55 bits per heavy atom. The zero-order chi connectivity index (χ0) is 16.4. The number of rotatable bonds is 5. The van der Waals surface area contributed by atoms with Crippen LogP contribution in [0.2, 0.25) is 18.1 Å². The molecule has 4 heteroatoms. The summed E-state index contributed by atoms with van der Waals surface area (Å²) < 4.78 is 6.73. The summed E-state index contributed by atoms with van der Waals surface area (Å²) in [6, 6.07) is 2.77. The van der Waals surface area contributed by atoms with Crippen LogP contribution in [0.25, 0.3) is 0 Å². The molecule has 1 aromatic rings. The highest BCUT2D eigenvalue weighted by Crippen LogP contribution is 2.39. The Morgan fingerprint density at radius 2 is 1.95 bits per heavy atom. The maximum absolute atomic E-state index is 6.73. The topological polar surface area (TPSA) is 21.3 Å². The molecule has 0 aromatic carbocycles. The molecule has 1 aliphatic carbocycles. The van der Waals surface area contributed by atoms with Gasteiger partial charge in [0.15, 0.2) is 8.32 Å². The molecule has 0 radical (unpaired) electrons. The van der Waals surface area contributed by atoms with Gasteiger partial charge in [0.2, 0.25) is 0 Å². The van der Waals surface area contributed by atoms with Crippen LogP contribution in [0.4, 0.5) is 0 Å². The van der Waals surface area contributed by atoms with Gasteiger partial charge in [-0.3, -0.25) is 0 Å². The van der Waals surface area contributed by atoms with E-state index in [1.807, 2.05) is 11.3 Å². The average Bonchev–Trinajstić information content (AvgIpc) is 2.81. The van der Waals surface area contributed by atoms with Crippen LogP contribution in [0.1, 0.15) is 56.9 Å². The van der Waals surface area contributed by atoms with Gasteiger partial charge in [-0.1, -0.05) is 33.6 Å². The molecule has 1 aliphatic rings. The lowest BCUT2D eigenvalue weighted by Gasteiger charge is -2.43. The standard InChI is InChI=1S/C18H33NOSSi/c1-14-15(11-12-21-14)13-19-16-9-7-8-10-17(16)20-22(5,6)18(2,3)4/h11-12,16-17,19H,7-10,13H2,1-6H3/t16-,17-/m0/s1. The third-order valence-corrected chi connectivity index (χ3v) is 10.9. The van der Waals surface area contributed by atoms with Gasteiger partial charge in [-0.05, 0) is 54.9 Å². The van der Waals surface area contributed by atoms with E-state index in [0.29, 0.717) is 17.2 Å². The van der Waals surface area contributed by atoms with Gasteiger partial charge in [0.05, 0.1) is 6.10 Å². The van der Waals surface area contributed by atoms with Crippen molar-refractivity contribution >= 4 is 19.7 Å². The number of aryl methyl sites for hydroxylation is 1. The molecule has 1 heterocycles. The van der Waals surface area contributed by atoms with Crippen molar-refractivity contribution in [3.05, 3.63) is 21.9 Å². The Bertz CT molecular complexity index is 478. The van der Waals surface area contributed by atoms with Gasteiger partial charge in [0.1, 0.15) is 0 Å². The van der Waals surface area contributed by atoms with Crippen LogP contribution in [0.15, 0.2) is 11.4 Å². The van der Waals surface area contributed by atoms with Crippen molar-refractivity contribution in [1.29, 1.82) is 0 Å². The summed E-state index contributed by atoms with van der Waals surface area (Å²) >= 11 is 1.84. The van der Waals surface area contributed by atoms with Crippen molar-refractivity contribution in [3.63, 3.8) is 0 Å². The Morgan fingerprint density at radius 1 is 1.27 bits per heavy atom. The first-order valence-electron chi connectivity index (χ1n) is 8.65. The van der Waals surface area contributed by atoms with Crippen molar-refractivity contribution in [2.24, 2.45) is 0 Å². The summed E-state index contributed by atoms with van der Waals surface area (Å²) in [5, 5.41) is 6.27. The van der Waals surface area contributed by atoms with Crippen LogP contribution in [-0.2, 0) is 11.0 Å². The summed E-state index contributed by atoms with van der Waals surface area (Å²) in [7, 11) is -1.68. The van der Waals surface area contributed by atoms with Crippen molar-refractivity contribution in [2.75, 3.05) is 0 Å². The zero-order valence-electron chi connectivity index (χ0n) is 15.2. The lowest BCUT2D eigenvalue weighted by molar-refractivity contribution is 0.0987. The Balaban J connectivity index is 1.98. The first kappa shape index (κ1) is 18.2. The van der Waals surface area contributed by atoms with Crippen LogP contribution >= 0.6 is 11.3 Å². The fourth-order valence-electron chi connectivity index (χ4n) is 2.86. The maximum atomic E-state index is 6.73. The van der Waals surface area contributed by atoms with Crippen LogP contribution in [-0.4, -0.2) is 20.5 Å². The molecule has 126 valence electrons. The SMILES string of the molecule is Cc1sccc1CN[C@H]1CCCC[C@@H]1O[Si](C)(C)C(C)(C)C. The molecule has 2 rings (SSSR count). The van der Waals surface area contributed by atoms with Gasteiger partial charge in [0, 0.05) is 17.5 Å². The second-order valence-electron chi connectivity index (χ2n) is 8.19. The molecule has 1 fully saturated rings. The van der Waals surface area contributed by atoms with E-state index in [2.05, 4.69) is 57.6 Å². The monoisotopic (exact) mass is 339 g/mol. The van der Waals surface area contributed by atoms with E-state index in [4.69, 9.17) is 4.43 Å². The van der Waals surface area contributed by atoms with Crippen molar-refractivity contribution < 1.29 is 4.43 Å². The van der Waals surface area contributed by atoms with E-state index >= 15 is 0 Å². The third-order valence-electron chi connectivity index (χ3n) is 5.48. The predicted molar refractivity (Wildman–Crippen MR) is 100 cm³/mol.